The Balaban J connectivity index is 2.17. The second kappa shape index (κ2) is 4.83. The summed E-state index contributed by atoms with van der Waals surface area (Å²) >= 11 is 3.40. The molecule has 2 N–H and O–H groups in total. The van der Waals surface area contributed by atoms with Crippen molar-refractivity contribution < 1.29 is 9.15 Å². The van der Waals surface area contributed by atoms with E-state index in [9.17, 15) is 0 Å². The normalized spacial score (nSPS) is 10.9. The van der Waals surface area contributed by atoms with Crippen LogP contribution in [-0.2, 0) is 0 Å². The fraction of sp³-hybridized carbons (Fsp3) is 0.133. The highest BCUT2D eigenvalue weighted by Gasteiger charge is 2.12. The molecule has 0 aliphatic rings. The minimum atomic E-state index is 0.531. The number of nitrogen functional groups attached to an aromatic ring is 1. The second-order valence-electron chi connectivity index (χ2n) is 4.55. The van der Waals surface area contributed by atoms with Gasteiger partial charge < -0.3 is 14.9 Å². The molecule has 5 heteroatoms. The average molecular weight is 333 g/mol. The third-order valence-electron chi connectivity index (χ3n) is 3.14. The lowest BCUT2D eigenvalue weighted by Gasteiger charge is -2.05. The Morgan fingerprint density at radius 1 is 1.25 bits per heavy atom. The van der Waals surface area contributed by atoms with Crippen LogP contribution < -0.4 is 10.5 Å². The number of methoxy groups -OCH3 is 1. The van der Waals surface area contributed by atoms with E-state index >= 15 is 0 Å². The van der Waals surface area contributed by atoms with E-state index in [1.54, 1.807) is 13.2 Å². The number of hydrogen-bond acceptors (Lipinski definition) is 4. The van der Waals surface area contributed by atoms with E-state index in [1.807, 2.05) is 31.2 Å². The predicted molar refractivity (Wildman–Crippen MR) is 82.8 cm³/mol. The first-order valence-electron chi connectivity index (χ1n) is 6.09. The van der Waals surface area contributed by atoms with Crippen LogP contribution in [0.25, 0.3) is 22.6 Å². The number of oxazole rings is 1. The van der Waals surface area contributed by atoms with Crippen LogP contribution in [0.1, 0.15) is 5.56 Å². The van der Waals surface area contributed by atoms with Crippen LogP contribution in [-0.4, -0.2) is 12.1 Å². The first kappa shape index (κ1) is 13.0. The summed E-state index contributed by atoms with van der Waals surface area (Å²) in [5.41, 5.74) is 9.76. The maximum Gasteiger partial charge on any atom is 0.227 e. The van der Waals surface area contributed by atoms with Crippen molar-refractivity contribution >= 4 is 32.7 Å². The quantitative estimate of drug-likeness (QED) is 0.716. The SMILES string of the molecule is COc1cc(-c2nc3cc(Br)cc(N)c3o2)ccc1C. The highest BCUT2D eigenvalue weighted by Crippen LogP contribution is 2.32. The Kier molecular flexibility index (Phi) is 3.14. The van der Waals surface area contributed by atoms with Crippen molar-refractivity contribution in [1.82, 2.24) is 4.98 Å². The van der Waals surface area contributed by atoms with Crippen molar-refractivity contribution in [2.45, 2.75) is 6.92 Å². The van der Waals surface area contributed by atoms with Crippen LogP contribution >= 0.6 is 15.9 Å². The van der Waals surface area contributed by atoms with Gasteiger partial charge in [-0.1, -0.05) is 22.0 Å². The van der Waals surface area contributed by atoms with Gasteiger partial charge in [-0.15, -0.1) is 0 Å². The third-order valence-corrected chi connectivity index (χ3v) is 3.60. The van der Waals surface area contributed by atoms with Crippen molar-refractivity contribution in [3.05, 3.63) is 40.4 Å². The summed E-state index contributed by atoms with van der Waals surface area (Å²) in [4.78, 5) is 4.48. The van der Waals surface area contributed by atoms with Crippen LogP contribution in [0.4, 0.5) is 5.69 Å². The molecule has 0 fully saturated rings. The molecule has 2 aromatic carbocycles. The number of aryl methyl sites for hydroxylation is 1. The molecule has 0 radical (unpaired) electrons. The topological polar surface area (TPSA) is 61.3 Å². The van der Waals surface area contributed by atoms with Gasteiger partial charge in [0.2, 0.25) is 5.89 Å². The molecule has 0 aliphatic heterocycles. The Bertz CT molecular complexity index is 796. The van der Waals surface area contributed by atoms with Gasteiger partial charge in [-0.3, -0.25) is 0 Å². The lowest BCUT2D eigenvalue weighted by atomic mass is 10.1. The molecule has 20 heavy (non-hydrogen) atoms. The van der Waals surface area contributed by atoms with E-state index in [4.69, 9.17) is 14.9 Å². The van der Waals surface area contributed by atoms with Gasteiger partial charge in [-0.2, -0.15) is 0 Å². The molecule has 0 atom stereocenters. The van der Waals surface area contributed by atoms with E-state index in [0.29, 0.717) is 17.2 Å². The summed E-state index contributed by atoms with van der Waals surface area (Å²) in [5, 5.41) is 0. The van der Waals surface area contributed by atoms with Gasteiger partial charge in [0, 0.05) is 10.0 Å². The Morgan fingerprint density at radius 3 is 2.80 bits per heavy atom. The smallest absolute Gasteiger partial charge is 0.227 e. The molecule has 0 bridgehead atoms. The lowest BCUT2D eigenvalue weighted by molar-refractivity contribution is 0.411. The van der Waals surface area contributed by atoms with Gasteiger partial charge in [0.1, 0.15) is 11.3 Å². The minimum Gasteiger partial charge on any atom is -0.496 e. The van der Waals surface area contributed by atoms with Gasteiger partial charge in [0.15, 0.2) is 5.58 Å². The maximum atomic E-state index is 5.94. The summed E-state index contributed by atoms with van der Waals surface area (Å²) in [5.74, 6) is 1.34. The molecular weight excluding hydrogens is 320 g/mol. The summed E-state index contributed by atoms with van der Waals surface area (Å²) in [6.45, 7) is 1.99. The molecule has 4 nitrogen and oxygen atoms in total. The van der Waals surface area contributed by atoms with Crippen molar-refractivity contribution in [2.24, 2.45) is 0 Å². The molecule has 0 amide bonds. The summed E-state index contributed by atoms with van der Waals surface area (Å²) in [7, 11) is 1.65. The number of fused-ring (bicyclic) bond motifs is 1. The number of benzene rings is 2. The molecule has 0 saturated carbocycles. The summed E-state index contributed by atoms with van der Waals surface area (Å²) in [6, 6.07) is 9.51. The molecule has 1 aromatic heterocycles. The van der Waals surface area contributed by atoms with Crippen LogP contribution in [0, 0.1) is 6.92 Å². The Labute approximate surface area is 124 Å². The fourth-order valence-electron chi connectivity index (χ4n) is 2.10. The monoisotopic (exact) mass is 332 g/mol. The number of anilines is 1. The van der Waals surface area contributed by atoms with Crippen molar-refractivity contribution in [3.8, 4) is 17.2 Å². The molecule has 3 aromatic rings. The van der Waals surface area contributed by atoms with E-state index in [1.165, 1.54) is 0 Å². The zero-order valence-electron chi connectivity index (χ0n) is 11.1. The number of aromatic nitrogens is 1. The highest BCUT2D eigenvalue weighted by atomic mass is 79.9. The fourth-order valence-corrected chi connectivity index (χ4v) is 2.56. The molecule has 1 heterocycles. The molecule has 3 rings (SSSR count). The summed E-state index contributed by atoms with van der Waals surface area (Å²) in [6.07, 6.45) is 0. The van der Waals surface area contributed by atoms with Crippen molar-refractivity contribution in [3.63, 3.8) is 0 Å². The zero-order valence-corrected chi connectivity index (χ0v) is 12.7. The third kappa shape index (κ3) is 2.14. The van der Waals surface area contributed by atoms with E-state index in [0.717, 1.165) is 26.9 Å². The van der Waals surface area contributed by atoms with Crippen LogP contribution in [0.2, 0.25) is 0 Å². The lowest BCUT2D eigenvalue weighted by Crippen LogP contribution is -1.87. The zero-order chi connectivity index (χ0) is 14.3. The predicted octanol–water partition coefficient (Wildman–Crippen LogP) is 4.16. The van der Waals surface area contributed by atoms with E-state index in [-0.39, 0.29) is 0 Å². The van der Waals surface area contributed by atoms with E-state index < -0.39 is 0 Å². The van der Waals surface area contributed by atoms with Gasteiger partial charge in [-0.05, 0) is 36.8 Å². The first-order chi connectivity index (χ1) is 9.58. The first-order valence-corrected chi connectivity index (χ1v) is 6.88. The number of ether oxygens (including phenoxy) is 1. The number of rotatable bonds is 2. The number of nitrogens with two attached hydrogens (primary N) is 1. The van der Waals surface area contributed by atoms with Gasteiger partial charge in [-0.25, -0.2) is 4.98 Å². The molecule has 0 unspecified atom stereocenters. The van der Waals surface area contributed by atoms with Crippen LogP contribution in [0.3, 0.4) is 0 Å². The van der Waals surface area contributed by atoms with Crippen LogP contribution in [0.15, 0.2) is 39.2 Å². The molecule has 0 spiro atoms. The number of nitrogens with zero attached hydrogens (tertiary/aromatic N) is 1. The average Bonchev–Trinajstić information content (AvgIpc) is 2.83. The molecule has 0 aliphatic carbocycles. The van der Waals surface area contributed by atoms with Crippen LogP contribution in [0.5, 0.6) is 5.75 Å². The van der Waals surface area contributed by atoms with Gasteiger partial charge in [0.05, 0.1) is 12.8 Å². The molecule has 0 saturated heterocycles. The highest BCUT2D eigenvalue weighted by molar-refractivity contribution is 9.10. The van der Waals surface area contributed by atoms with Crippen molar-refractivity contribution in [2.75, 3.05) is 12.8 Å². The van der Waals surface area contributed by atoms with Gasteiger partial charge >= 0.3 is 0 Å². The Morgan fingerprint density at radius 2 is 2.05 bits per heavy atom. The van der Waals surface area contributed by atoms with E-state index in [2.05, 4.69) is 20.9 Å². The number of halogens is 1. The largest absolute Gasteiger partial charge is 0.496 e. The maximum absolute atomic E-state index is 5.94. The van der Waals surface area contributed by atoms with Crippen molar-refractivity contribution in [1.29, 1.82) is 0 Å². The minimum absolute atomic E-state index is 0.531. The molecular formula is C15H13BrN2O2. The van der Waals surface area contributed by atoms with Gasteiger partial charge in [0.25, 0.3) is 0 Å². The standard InChI is InChI=1S/C15H13BrN2O2/c1-8-3-4-9(5-13(8)19-2)15-18-12-7-10(16)6-11(17)14(12)20-15/h3-7H,17H2,1-2H3. The second-order valence-corrected chi connectivity index (χ2v) is 5.46. The summed E-state index contributed by atoms with van der Waals surface area (Å²) < 4.78 is 12.0. The Hall–Kier alpha value is -2.01. The number of hydrogen-bond donors (Lipinski definition) is 1. The molecule has 102 valence electrons.